The molecule has 2 amide bonds. The molecule has 0 bridgehead atoms. The number of benzene rings is 2. The van der Waals surface area contributed by atoms with Gasteiger partial charge in [0.2, 0.25) is 0 Å². The molecule has 0 fully saturated rings. The Hall–Kier alpha value is -2.35. The van der Waals surface area contributed by atoms with Gasteiger partial charge in [0.15, 0.2) is 0 Å². The Morgan fingerprint density at radius 3 is 2.37 bits per heavy atom. The number of thiazole rings is 1. The van der Waals surface area contributed by atoms with Gasteiger partial charge in [-0.3, -0.25) is 9.59 Å². The van der Waals surface area contributed by atoms with Crippen LogP contribution in [0.1, 0.15) is 10.5 Å². The van der Waals surface area contributed by atoms with E-state index >= 15 is 0 Å². The van der Waals surface area contributed by atoms with E-state index in [0.29, 0.717) is 16.4 Å². The van der Waals surface area contributed by atoms with Crippen molar-refractivity contribution in [1.29, 1.82) is 0 Å². The fraction of sp³-hybridized carbons (Fsp3) is 0.105. The largest absolute Gasteiger partial charge is 0.339 e. The Morgan fingerprint density at radius 1 is 1.07 bits per heavy atom. The third-order valence-corrected chi connectivity index (χ3v) is 5.70. The number of aromatic nitrogens is 1. The SMILES string of the molecule is CN(C)C(=O)Sc1ccc(NC(=O)c2csc(-c3ccc(Cl)cc3)n2)cc1. The van der Waals surface area contributed by atoms with Gasteiger partial charge in [0, 0.05) is 40.6 Å². The number of amides is 2. The standard InChI is InChI=1S/C19H16ClN3O2S2/c1-23(2)19(25)27-15-9-7-14(8-10-15)21-17(24)16-11-26-18(22-16)12-3-5-13(20)6-4-12/h3-11H,1-2H3,(H,21,24). The minimum Gasteiger partial charge on any atom is -0.339 e. The van der Waals surface area contributed by atoms with E-state index in [0.717, 1.165) is 27.2 Å². The maximum Gasteiger partial charge on any atom is 0.285 e. The smallest absolute Gasteiger partial charge is 0.285 e. The van der Waals surface area contributed by atoms with Crippen LogP contribution in [0.25, 0.3) is 10.6 Å². The maximum absolute atomic E-state index is 12.4. The fourth-order valence-electron chi connectivity index (χ4n) is 2.10. The van der Waals surface area contributed by atoms with Crippen LogP contribution in [0.3, 0.4) is 0 Å². The van der Waals surface area contributed by atoms with Crippen LogP contribution in [0.15, 0.2) is 58.8 Å². The van der Waals surface area contributed by atoms with E-state index in [1.165, 1.54) is 16.2 Å². The Labute approximate surface area is 170 Å². The molecule has 2 aromatic carbocycles. The van der Waals surface area contributed by atoms with Gasteiger partial charge in [0.1, 0.15) is 10.7 Å². The van der Waals surface area contributed by atoms with Crippen molar-refractivity contribution in [3.05, 3.63) is 64.6 Å². The summed E-state index contributed by atoms with van der Waals surface area (Å²) < 4.78 is 0. The topological polar surface area (TPSA) is 62.3 Å². The quantitative estimate of drug-likeness (QED) is 0.570. The lowest BCUT2D eigenvalue weighted by molar-refractivity contribution is 0.102. The molecule has 0 atom stereocenters. The first kappa shape index (κ1) is 19.4. The molecule has 1 aromatic heterocycles. The van der Waals surface area contributed by atoms with E-state index in [9.17, 15) is 9.59 Å². The summed E-state index contributed by atoms with van der Waals surface area (Å²) in [5, 5.41) is 5.89. The van der Waals surface area contributed by atoms with Gasteiger partial charge in [-0.05, 0) is 48.2 Å². The molecule has 0 spiro atoms. The van der Waals surface area contributed by atoms with E-state index in [4.69, 9.17) is 11.6 Å². The highest BCUT2D eigenvalue weighted by Crippen LogP contribution is 2.26. The average Bonchev–Trinajstić information content (AvgIpc) is 3.14. The van der Waals surface area contributed by atoms with Crippen LogP contribution < -0.4 is 5.32 Å². The van der Waals surface area contributed by atoms with Crippen molar-refractivity contribution in [2.24, 2.45) is 0 Å². The van der Waals surface area contributed by atoms with Crippen LogP contribution in [-0.4, -0.2) is 35.1 Å². The molecule has 5 nitrogen and oxygen atoms in total. The van der Waals surface area contributed by atoms with Gasteiger partial charge in [0.05, 0.1) is 0 Å². The van der Waals surface area contributed by atoms with Crippen LogP contribution in [0.4, 0.5) is 10.5 Å². The number of rotatable bonds is 4. The molecule has 138 valence electrons. The van der Waals surface area contributed by atoms with Crippen LogP contribution in [0, 0.1) is 0 Å². The second-order valence-corrected chi connectivity index (χ2v) is 8.10. The lowest BCUT2D eigenvalue weighted by Crippen LogP contribution is -2.16. The van der Waals surface area contributed by atoms with Crippen molar-refractivity contribution in [3.8, 4) is 10.6 Å². The summed E-state index contributed by atoms with van der Waals surface area (Å²) in [5.41, 5.74) is 1.91. The molecule has 0 saturated carbocycles. The van der Waals surface area contributed by atoms with Gasteiger partial charge in [-0.15, -0.1) is 11.3 Å². The first-order chi connectivity index (χ1) is 12.9. The van der Waals surface area contributed by atoms with Gasteiger partial charge in [-0.1, -0.05) is 23.7 Å². The zero-order valence-electron chi connectivity index (χ0n) is 14.6. The number of nitrogens with zero attached hydrogens (tertiary/aromatic N) is 2. The monoisotopic (exact) mass is 417 g/mol. The molecular formula is C19H16ClN3O2S2. The number of halogens is 1. The third kappa shape index (κ3) is 5.09. The van der Waals surface area contributed by atoms with E-state index in [1.54, 1.807) is 55.9 Å². The second-order valence-electron chi connectivity index (χ2n) is 5.79. The van der Waals surface area contributed by atoms with E-state index < -0.39 is 0 Å². The minimum absolute atomic E-state index is 0.0519. The lowest BCUT2D eigenvalue weighted by atomic mass is 10.2. The molecular weight excluding hydrogens is 402 g/mol. The van der Waals surface area contributed by atoms with Crippen molar-refractivity contribution in [3.63, 3.8) is 0 Å². The highest BCUT2D eigenvalue weighted by Gasteiger charge is 2.13. The van der Waals surface area contributed by atoms with Gasteiger partial charge >= 0.3 is 0 Å². The molecule has 0 saturated heterocycles. The number of hydrogen-bond donors (Lipinski definition) is 1. The van der Waals surface area contributed by atoms with Crippen LogP contribution in [0.5, 0.6) is 0 Å². The number of carbonyl (C=O) groups excluding carboxylic acids is 2. The molecule has 0 aliphatic heterocycles. The number of carbonyl (C=O) groups is 2. The molecule has 27 heavy (non-hydrogen) atoms. The first-order valence-corrected chi connectivity index (χ1v) is 10.0. The molecule has 1 N–H and O–H groups in total. The Balaban J connectivity index is 1.65. The number of nitrogens with one attached hydrogen (secondary N) is 1. The number of anilines is 1. The minimum atomic E-state index is -0.281. The highest BCUT2D eigenvalue weighted by atomic mass is 35.5. The maximum atomic E-state index is 12.4. The van der Waals surface area contributed by atoms with Gasteiger partial charge in [-0.25, -0.2) is 4.98 Å². The van der Waals surface area contributed by atoms with Crippen molar-refractivity contribution >= 4 is 51.5 Å². The lowest BCUT2D eigenvalue weighted by Gasteiger charge is -2.09. The highest BCUT2D eigenvalue weighted by molar-refractivity contribution is 8.13. The van der Waals surface area contributed by atoms with Gasteiger partial charge in [-0.2, -0.15) is 0 Å². The van der Waals surface area contributed by atoms with E-state index in [1.807, 2.05) is 12.1 Å². The summed E-state index contributed by atoms with van der Waals surface area (Å²) in [6.07, 6.45) is 0. The second kappa shape index (κ2) is 8.56. The molecule has 0 aliphatic rings. The van der Waals surface area contributed by atoms with Gasteiger partial charge in [0.25, 0.3) is 11.1 Å². The molecule has 8 heteroatoms. The molecule has 1 heterocycles. The molecule has 0 unspecified atom stereocenters. The van der Waals surface area contributed by atoms with Gasteiger partial charge < -0.3 is 10.2 Å². The predicted octanol–water partition coefficient (Wildman–Crippen LogP) is 5.49. The van der Waals surface area contributed by atoms with Crippen molar-refractivity contribution in [2.45, 2.75) is 4.90 Å². The normalized spacial score (nSPS) is 10.5. The van der Waals surface area contributed by atoms with Crippen LogP contribution in [0.2, 0.25) is 5.02 Å². The van der Waals surface area contributed by atoms with E-state index in [2.05, 4.69) is 10.3 Å². The Kier molecular flexibility index (Phi) is 6.15. The molecule has 0 aliphatic carbocycles. The summed E-state index contributed by atoms with van der Waals surface area (Å²) in [5.74, 6) is -0.281. The van der Waals surface area contributed by atoms with Crippen molar-refractivity contribution in [1.82, 2.24) is 9.88 Å². The summed E-state index contributed by atoms with van der Waals surface area (Å²) in [6, 6.07) is 14.4. The fourth-order valence-corrected chi connectivity index (χ4v) is 3.69. The number of thioether (sulfide) groups is 1. The Bertz CT molecular complexity index is 954. The van der Waals surface area contributed by atoms with Crippen LogP contribution in [-0.2, 0) is 0 Å². The van der Waals surface area contributed by atoms with Crippen molar-refractivity contribution < 1.29 is 9.59 Å². The molecule has 3 rings (SSSR count). The summed E-state index contributed by atoms with van der Waals surface area (Å²) in [7, 11) is 3.41. The van der Waals surface area contributed by atoms with Crippen molar-refractivity contribution in [2.75, 3.05) is 19.4 Å². The predicted molar refractivity (Wildman–Crippen MR) is 112 cm³/mol. The average molecular weight is 418 g/mol. The first-order valence-electron chi connectivity index (χ1n) is 7.94. The number of hydrogen-bond acceptors (Lipinski definition) is 5. The Morgan fingerprint density at radius 2 is 1.74 bits per heavy atom. The molecule has 0 radical (unpaired) electrons. The van der Waals surface area contributed by atoms with E-state index in [-0.39, 0.29) is 11.1 Å². The third-order valence-electron chi connectivity index (χ3n) is 3.51. The van der Waals surface area contributed by atoms with Crippen LogP contribution >= 0.6 is 34.7 Å². The summed E-state index contributed by atoms with van der Waals surface area (Å²) in [4.78, 5) is 30.8. The zero-order chi connectivity index (χ0) is 19.4. The molecule has 3 aromatic rings. The summed E-state index contributed by atoms with van der Waals surface area (Å²) >= 11 is 8.43. The summed E-state index contributed by atoms with van der Waals surface area (Å²) in [6.45, 7) is 0. The zero-order valence-corrected chi connectivity index (χ0v) is 17.0.